The van der Waals surface area contributed by atoms with E-state index in [4.69, 9.17) is 0 Å². The standard InChI is InChI=1S/C14H28N2O2S/c1-13(2)11-6-7-14(13,3)12(10-11)15-8-5-9-16-19(4,17)18/h11-12,15-16H,5-10H2,1-4H3/t11-,12?,14+/m0/s1. The Hall–Kier alpha value is -0.130. The molecule has 0 aromatic heterocycles. The van der Waals surface area contributed by atoms with Crippen molar-refractivity contribution >= 4 is 10.0 Å². The average Bonchev–Trinajstić information content (AvgIpc) is 2.59. The Morgan fingerprint density at radius 1 is 1.21 bits per heavy atom. The zero-order valence-electron chi connectivity index (χ0n) is 12.6. The van der Waals surface area contributed by atoms with Crippen LogP contribution in [0.5, 0.6) is 0 Å². The molecule has 2 saturated carbocycles. The molecule has 4 nitrogen and oxygen atoms in total. The molecule has 0 radical (unpaired) electrons. The van der Waals surface area contributed by atoms with Gasteiger partial charge in [-0.05, 0) is 49.0 Å². The van der Waals surface area contributed by atoms with Crippen LogP contribution in [-0.2, 0) is 10.0 Å². The largest absolute Gasteiger partial charge is 0.313 e. The molecule has 2 aliphatic carbocycles. The third-order valence-corrected chi connectivity index (χ3v) is 6.63. The Morgan fingerprint density at radius 3 is 2.37 bits per heavy atom. The second-order valence-corrected chi connectivity index (χ2v) is 8.97. The summed E-state index contributed by atoms with van der Waals surface area (Å²) in [5.74, 6) is 0.851. The molecule has 2 rings (SSSR count). The first kappa shape index (κ1) is 15.3. The Kier molecular flexibility index (Phi) is 4.02. The first-order valence-electron chi connectivity index (χ1n) is 7.35. The van der Waals surface area contributed by atoms with Crippen LogP contribution in [0.15, 0.2) is 0 Å². The molecule has 0 saturated heterocycles. The molecule has 2 bridgehead atoms. The highest BCUT2D eigenvalue weighted by atomic mass is 32.2. The van der Waals surface area contributed by atoms with E-state index in [0.29, 0.717) is 23.4 Å². The molecule has 0 spiro atoms. The molecule has 0 aromatic carbocycles. The van der Waals surface area contributed by atoms with E-state index < -0.39 is 10.0 Å². The summed E-state index contributed by atoms with van der Waals surface area (Å²) >= 11 is 0. The van der Waals surface area contributed by atoms with Gasteiger partial charge in [-0.2, -0.15) is 0 Å². The first-order chi connectivity index (χ1) is 8.67. The van der Waals surface area contributed by atoms with Gasteiger partial charge in [-0.3, -0.25) is 0 Å². The molecular formula is C14H28N2O2S. The van der Waals surface area contributed by atoms with Gasteiger partial charge in [0.25, 0.3) is 0 Å². The van der Waals surface area contributed by atoms with Crippen molar-refractivity contribution in [3.05, 3.63) is 0 Å². The van der Waals surface area contributed by atoms with Gasteiger partial charge < -0.3 is 5.32 Å². The van der Waals surface area contributed by atoms with Crippen molar-refractivity contribution in [2.75, 3.05) is 19.3 Å². The van der Waals surface area contributed by atoms with E-state index in [1.54, 1.807) is 0 Å². The summed E-state index contributed by atoms with van der Waals surface area (Å²) < 4.78 is 24.5. The lowest BCUT2D eigenvalue weighted by Gasteiger charge is -2.39. The number of rotatable bonds is 6. The molecule has 5 heteroatoms. The van der Waals surface area contributed by atoms with E-state index >= 15 is 0 Å². The molecule has 2 fully saturated rings. The minimum Gasteiger partial charge on any atom is -0.313 e. The molecular weight excluding hydrogens is 260 g/mol. The maximum absolute atomic E-state index is 11.0. The summed E-state index contributed by atoms with van der Waals surface area (Å²) in [6.45, 7) is 8.68. The van der Waals surface area contributed by atoms with Gasteiger partial charge in [0.1, 0.15) is 0 Å². The fraction of sp³-hybridized carbons (Fsp3) is 1.00. The predicted molar refractivity (Wildman–Crippen MR) is 78.5 cm³/mol. The predicted octanol–water partition coefficient (Wildman–Crippen LogP) is 1.73. The highest BCUT2D eigenvalue weighted by Gasteiger charge is 2.60. The Morgan fingerprint density at radius 2 is 1.89 bits per heavy atom. The highest BCUT2D eigenvalue weighted by Crippen LogP contribution is 2.65. The number of fused-ring (bicyclic) bond motifs is 2. The molecule has 3 atom stereocenters. The highest BCUT2D eigenvalue weighted by molar-refractivity contribution is 7.88. The van der Waals surface area contributed by atoms with Crippen LogP contribution in [0.3, 0.4) is 0 Å². The number of hydrogen-bond acceptors (Lipinski definition) is 3. The van der Waals surface area contributed by atoms with E-state index in [9.17, 15) is 8.42 Å². The van der Waals surface area contributed by atoms with Crippen molar-refractivity contribution in [3.63, 3.8) is 0 Å². The molecule has 19 heavy (non-hydrogen) atoms. The van der Waals surface area contributed by atoms with Gasteiger partial charge in [0.15, 0.2) is 0 Å². The monoisotopic (exact) mass is 288 g/mol. The van der Waals surface area contributed by atoms with Gasteiger partial charge in [-0.25, -0.2) is 13.1 Å². The van der Waals surface area contributed by atoms with Crippen molar-refractivity contribution in [1.29, 1.82) is 0 Å². The van der Waals surface area contributed by atoms with E-state index in [2.05, 4.69) is 30.8 Å². The zero-order chi connectivity index (χ0) is 14.3. The van der Waals surface area contributed by atoms with Gasteiger partial charge in [0, 0.05) is 12.6 Å². The summed E-state index contributed by atoms with van der Waals surface area (Å²) in [5, 5.41) is 3.66. The molecule has 0 amide bonds. The summed E-state index contributed by atoms with van der Waals surface area (Å²) in [6.07, 6.45) is 6.04. The molecule has 2 aliphatic rings. The minimum absolute atomic E-state index is 0.405. The quantitative estimate of drug-likeness (QED) is 0.732. The summed E-state index contributed by atoms with van der Waals surface area (Å²) in [4.78, 5) is 0. The lowest BCUT2D eigenvalue weighted by Crippen LogP contribution is -2.45. The van der Waals surface area contributed by atoms with Crippen molar-refractivity contribution in [2.45, 2.75) is 52.5 Å². The van der Waals surface area contributed by atoms with Crippen LogP contribution in [0.1, 0.15) is 46.5 Å². The Bertz CT molecular complexity index is 433. The van der Waals surface area contributed by atoms with Crippen molar-refractivity contribution in [3.8, 4) is 0 Å². The van der Waals surface area contributed by atoms with E-state index in [0.717, 1.165) is 18.9 Å². The number of nitrogens with one attached hydrogen (secondary N) is 2. The summed E-state index contributed by atoms with van der Waals surface area (Å²) in [5.41, 5.74) is 0.845. The van der Waals surface area contributed by atoms with E-state index in [-0.39, 0.29) is 0 Å². The number of hydrogen-bond donors (Lipinski definition) is 2. The van der Waals surface area contributed by atoms with Crippen LogP contribution < -0.4 is 10.0 Å². The van der Waals surface area contributed by atoms with Gasteiger partial charge in [-0.15, -0.1) is 0 Å². The lowest BCUT2D eigenvalue weighted by atomic mass is 9.69. The second kappa shape index (κ2) is 5.01. The van der Waals surface area contributed by atoms with Gasteiger partial charge in [-0.1, -0.05) is 20.8 Å². The second-order valence-electron chi connectivity index (χ2n) is 7.14. The average molecular weight is 288 g/mol. The molecule has 1 unspecified atom stereocenters. The number of sulfonamides is 1. The smallest absolute Gasteiger partial charge is 0.208 e. The zero-order valence-corrected chi connectivity index (χ0v) is 13.4. The van der Waals surface area contributed by atoms with E-state index in [1.165, 1.54) is 25.5 Å². The van der Waals surface area contributed by atoms with Crippen LogP contribution in [0.2, 0.25) is 0 Å². The maximum Gasteiger partial charge on any atom is 0.208 e. The third kappa shape index (κ3) is 2.83. The fourth-order valence-electron chi connectivity index (χ4n) is 4.13. The summed E-state index contributed by atoms with van der Waals surface area (Å²) in [6, 6.07) is 0.597. The normalized spacial score (nSPS) is 36.8. The SMILES string of the molecule is CC1(C)[C@H]2CC[C@]1(C)C(NCCCNS(C)(=O)=O)C2. The van der Waals surface area contributed by atoms with Crippen molar-refractivity contribution < 1.29 is 8.42 Å². The van der Waals surface area contributed by atoms with Crippen molar-refractivity contribution in [2.24, 2.45) is 16.7 Å². The first-order valence-corrected chi connectivity index (χ1v) is 9.24. The molecule has 0 heterocycles. The lowest BCUT2D eigenvalue weighted by molar-refractivity contribution is 0.121. The van der Waals surface area contributed by atoms with Crippen LogP contribution in [-0.4, -0.2) is 33.8 Å². The molecule has 2 N–H and O–H groups in total. The van der Waals surface area contributed by atoms with Crippen LogP contribution in [0, 0.1) is 16.7 Å². The maximum atomic E-state index is 11.0. The fourth-order valence-corrected chi connectivity index (χ4v) is 4.65. The van der Waals surface area contributed by atoms with Crippen LogP contribution in [0.25, 0.3) is 0 Å². The Labute approximate surface area is 117 Å². The van der Waals surface area contributed by atoms with Crippen LogP contribution >= 0.6 is 0 Å². The third-order valence-electron chi connectivity index (χ3n) is 5.90. The van der Waals surface area contributed by atoms with Crippen LogP contribution in [0.4, 0.5) is 0 Å². The van der Waals surface area contributed by atoms with Gasteiger partial charge in [0.2, 0.25) is 10.0 Å². The molecule has 112 valence electrons. The molecule has 0 aromatic rings. The Balaban J connectivity index is 1.77. The topological polar surface area (TPSA) is 58.2 Å². The van der Waals surface area contributed by atoms with Gasteiger partial charge in [0.05, 0.1) is 6.26 Å². The van der Waals surface area contributed by atoms with Gasteiger partial charge >= 0.3 is 0 Å². The molecule has 0 aliphatic heterocycles. The van der Waals surface area contributed by atoms with E-state index in [1.807, 2.05) is 0 Å². The van der Waals surface area contributed by atoms with Crippen molar-refractivity contribution in [1.82, 2.24) is 10.0 Å². The summed E-state index contributed by atoms with van der Waals surface area (Å²) in [7, 11) is -3.04. The minimum atomic E-state index is -3.04.